The predicted molar refractivity (Wildman–Crippen MR) is 97.2 cm³/mol. The molecular formula is C20H14F3NO5. The van der Waals surface area contributed by atoms with Gasteiger partial charge in [0.2, 0.25) is 0 Å². The summed E-state index contributed by atoms with van der Waals surface area (Å²) in [5, 5.41) is 19.3. The van der Waals surface area contributed by atoms with Gasteiger partial charge in [-0.3, -0.25) is 4.79 Å². The lowest BCUT2D eigenvalue weighted by atomic mass is 10.1. The van der Waals surface area contributed by atoms with Crippen molar-refractivity contribution in [3.63, 3.8) is 0 Å². The molecule has 0 amide bonds. The molecule has 6 nitrogen and oxygen atoms in total. The number of carboxylic acids is 1. The number of benzene rings is 2. The summed E-state index contributed by atoms with van der Waals surface area (Å²) in [6, 6.07) is 6.16. The van der Waals surface area contributed by atoms with E-state index in [1.807, 2.05) is 0 Å². The van der Waals surface area contributed by atoms with Gasteiger partial charge in [-0.15, -0.1) is 0 Å². The van der Waals surface area contributed by atoms with Crippen molar-refractivity contribution in [1.29, 1.82) is 0 Å². The fourth-order valence-electron chi connectivity index (χ4n) is 2.96. The Morgan fingerprint density at radius 2 is 1.79 bits per heavy atom. The van der Waals surface area contributed by atoms with Gasteiger partial charge in [0.05, 0.1) is 24.6 Å². The van der Waals surface area contributed by atoms with Gasteiger partial charge in [-0.25, -0.2) is 18.0 Å². The fourth-order valence-corrected chi connectivity index (χ4v) is 2.96. The van der Waals surface area contributed by atoms with Gasteiger partial charge in [-0.2, -0.15) is 0 Å². The van der Waals surface area contributed by atoms with E-state index in [-0.39, 0.29) is 16.7 Å². The number of halogens is 3. The molecule has 0 saturated heterocycles. The fraction of sp³-hybridized carbons (Fsp3) is 0.100. The average molecular weight is 405 g/mol. The number of ether oxygens (including phenoxy) is 1. The van der Waals surface area contributed by atoms with Crippen LogP contribution in [0.4, 0.5) is 13.2 Å². The molecule has 2 aromatic carbocycles. The number of aromatic nitrogens is 1. The molecule has 0 aliphatic carbocycles. The van der Waals surface area contributed by atoms with Gasteiger partial charge < -0.3 is 19.5 Å². The second kappa shape index (κ2) is 7.70. The molecule has 0 spiro atoms. The van der Waals surface area contributed by atoms with Gasteiger partial charge in [0, 0.05) is 23.4 Å². The Bertz CT molecular complexity index is 1170. The van der Waals surface area contributed by atoms with Crippen molar-refractivity contribution < 1.29 is 37.7 Å². The molecule has 0 bridgehead atoms. The summed E-state index contributed by atoms with van der Waals surface area (Å²) in [5.41, 5.74) is -0.184. The Morgan fingerprint density at radius 1 is 1.10 bits per heavy atom. The van der Waals surface area contributed by atoms with Crippen molar-refractivity contribution >= 4 is 28.4 Å². The highest BCUT2D eigenvalue weighted by atomic mass is 19.2. The van der Waals surface area contributed by atoms with Crippen LogP contribution in [0.5, 0.6) is 5.75 Å². The second-order valence-electron chi connectivity index (χ2n) is 6.05. The van der Waals surface area contributed by atoms with Crippen LogP contribution in [0.25, 0.3) is 16.7 Å². The summed E-state index contributed by atoms with van der Waals surface area (Å²) in [6.45, 7) is -0.431. The third kappa shape index (κ3) is 3.66. The van der Waals surface area contributed by atoms with E-state index in [4.69, 9.17) is 9.84 Å². The average Bonchev–Trinajstić information content (AvgIpc) is 3.07. The lowest BCUT2D eigenvalue weighted by Crippen LogP contribution is -2.09. The molecule has 0 radical (unpaired) electrons. The standard InChI is InChI=1S/C20H14F3NO5/c1-29-17-4-2-3-14-18(17)11(15(25)7-16(26)20(27)28)9-24(14)8-10-12(21)5-6-13(22)19(10)23/h2-7,9,25H,8H2,1H3,(H,27,28)/b15-7-. The monoisotopic (exact) mass is 405 g/mol. The minimum absolute atomic E-state index is 0.00395. The second-order valence-corrected chi connectivity index (χ2v) is 6.05. The Hall–Kier alpha value is -3.75. The van der Waals surface area contributed by atoms with Gasteiger partial charge in [0.25, 0.3) is 5.78 Å². The van der Waals surface area contributed by atoms with Crippen molar-refractivity contribution in [2.24, 2.45) is 0 Å². The number of hydrogen-bond acceptors (Lipinski definition) is 4. The Kier molecular flexibility index (Phi) is 5.31. The van der Waals surface area contributed by atoms with Crippen LogP contribution in [-0.4, -0.2) is 33.6 Å². The summed E-state index contributed by atoms with van der Waals surface area (Å²) in [6.07, 6.45) is 1.77. The van der Waals surface area contributed by atoms with E-state index >= 15 is 0 Å². The van der Waals surface area contributed by atoms with Crippen LogP contribution in [0.3, 0.4) is 0 Å². The predicted octanol–water partition coefficient (Wildman–Crippen LogP) is 3.67. The number of aliphatic carboxylic acids is 1. The molecule has 3 rings (SSSR count). The number of rotatable bonds is 6. The minimum Gasteiger partial charge on any atom is -0.507 e. The number of aliphatic hydroxyl groups is 1. The lowest BCUT2D eigenvalue weighted by molar-refractivity contribution is -0.146. The molecule has 0 fully saturated rings. The maximum Gasteiger partial charge on any atom is 0.376 e. The van der Waals surface area contributed by atoms with Crippen LogP contribution in [0.15, 0.2) is 42.6 Å². The van der Waals surface area contributed by atoms with Crippen molar-refractivity contribution in [2.75, 3.05) is 7.11 Å². The van der Waals surface area contributed by atoms with Crippen LogP contribution < -0.4 is 4.74 Å². The number of aliphatic hydroxyl groups excluding tert-OH is 1. The van der Waals surface area contributed by atoms with Gasteiger partial charge in [0.15, 0.2) is 11.6 Å². The van der Waals surface area contributed by atoms with Crippen LogP contribution >= 0.6 is 0 Å². The van der Waals surface area contributed by atoms with E-state index in [1.165, 1.54) is 17.9 Å². The first-order chi connectivity index (χ1) is 13.7. The number of carbonyl (C=O) groups excluding carboxylic acids is 1. The molecule has 0 aliphatic rings. The third-order valence-corrected chi connectivity index (χ3v) is 4.31. The number of ketones is 1. The normalized spacial score (nSPS) is 11.7. The Balaban J connectivity index is 2.22. The van der Waals surface area contributed by atoms with Crippen molar-refractivity contribution in [3.05, 3.63) is 71.2 Å². The third-order valence-electron chi connectivity index (χ3n) is 4.31. The molecular weight excluding hydrogens is 391 g/mol. The first-order valence-electron chi connectivity index (χ1n) is 8.21. The zero-order chi connectivity index (χ0) is 21.3. The summed E-state index contributed by atoms with van der Waals surface area (Å²) >= 11 is 0. The highest BCUT2D eigenvalue weighted by Gasteiger charge is 2.21. The maximum atomic E-state index is 14.1. The zero-order valence-corrected chi connectivity index (χ0v) is 14.9. The number of fused-ring (bicyclic) bond motifs is 1. The molecule has 0 saturated carbocycles. The van der Waals surface area contributed by atoms with E-state index in [2.05, 4.69) is 0 Å². The molecule has 9 heteroatoms. The van der Waals surface area contributed by atoms with Crippen LogP contribution in [0.1, 0.15) is 11.1 Å². The topological polar surface area (TPSA) is 88.8 Å². The first kappa shape index (κ1) is 20.0. The van der Waals surface area contributed by atoms with Gasteiger partial charge >= 0.3 is 5.97 Å². The molecule has 2 N–H and O–H groups in total. The van der Waals surface area contributed by atoms with Gasteiger partial charge in [0.1, 0.15) is 17.3 Å². The van der Waals surface area contributed by atoms with Crippen LogP contribution in [0.2, 0.25) is 0 Å². The van der Waals surface area contributed by atoms with E-state index in [0.29, 0.717) is 17.7 Å². The molecule has 150 valence electrons. The lowest BCUT2D eigenvalue weighted by Gasteiger charge is -2.09. The summed E-state index contributed by atoms with van der Waals surface area (Å²) in [4.78, 5) is 22.2. The smallest absolute Gasteiger partial charge is 0.376 e. The summed E-state index contributed by atoms with van der Waals surface area (Å²) in [7, 11) is 1.35. The minimum atomic E-state index is -1.77. The van der Waals surface area contributed by atoms with Crippen molar-refractivity contribution in [1.82, 2.24) is 4.57 Å². The van der Waals surface area contributed by atoms with Crippen LogP contribution in [0, 0.1) is 17.5 Å². The largest absolute Gasteiger partial charge is 0.507 e. The molecule has 1 heterocycles. The number of hydrogen-bond donors (Lipinski definition) is 2. The van der Waals surface area contributed by atoms with E-state index in [0.717, 1.165) is 6.07 Å². The Labute approximate surface area is 162 Å². The summed E-state index contributed by atoms with van der Waals surface area (Å²) in [5.74, 6) is -7.07. The molecule has 29 heavy (non-hydrogen) atoms. The highest BCUT2D eigenvalue weighted by molar-refractivity contribution is 6.38. The first-order valence-corrected chi connectivity index (χ1v) is 8.21. The van der Waals surface area contributed by atoms with E-state index in [1.54, 1.807) is 18.2 Å². The molecule has 1 aromatic heterocycles. The molecule has 0 aliphatic heterocycles. The van der Waals surface area contributed by atoms with Crippen molar-refractivity contribution in [2.45, 2.75) is 6.54 Å². The van der Waals surface area contributed by atoms with E-state index < -0.39 is 47.1 Å². The van der Waals surface area contributed by atoms with Gasteiger partial charge in [-0.1, -0.05) is 6.07 Å². The number of methoxy groups -OCH3 is 1. The number of carbonyl (C=O) groups is 2. The number of nitrogens with zero attached hydrogens (tertiary/aromatic N) is 1. The maximum absolute atomic E-state index is 14.1. The highest BCUT2D eigenvalue weighted by Crippen LogP contribution is 2.34. The molecule has 0 unspecified atom stereocenters. The quantitative estimate of drug-likeness (QED) is 0.283. The van der Waals surface area contributed by atoms with E-state index in [9.17, 15) is 27.9 Å². The van der Waals surface area contributed by atoms with Crippen molar-refractivity contribution in [3.8, 4) is 5.75 Å². The zero-order valence-electron chi connectivity index (χ0n) is 14.9. The molecule has 3 aromatic rings. The SMILES string of the molecule is COc1cccc2c1c(/C(O)=C/C(=O)C(=O)O)cn2Cc1c(F)ccc(F)c1F. The van der Waals surface area contributed by atoms with Gasteiger partial charge in [-0.05, 0) is 24.3 Å². The Morgan fingerprint density at radius 3 is 2.45 bits per heavy atom. The number of carboxylic acid groups (broad SMARTS) is 1. The summed E-state index contributed by atoms with van der Waals surface area (Å²) < 4.78 is 48.3. The van der Waals surface area contributed by atoms with Crippen LogP contribution in [-0.2, 0) is 16.1 Å². The molecule has 0 atom stereocenters.